The Kier molecular flexibility index (Phi) is 14.6. The highest BCUT2D eigenvalue weighted by Crippen LogP contribution is 2.32. The normalized spacial score (nSPS) is 16.4. The molecule has 0 amide bonds. The van der Waals surface area contributed by atoms with Crippen molar-refractivity contribution in [2.45, 2.75) is 70.7 Å². The lowest BCUT2D eigenvalue weighted by atomic mass is 9.97. The SMILES string of the molecule is C/C=C\C(C)F.CC.CC/C=C/C1=CC(C(F)(F)F)N(CCc2ccccc2)N=C1c1ccc(S(C)(=O)=O)cc1. The van der Waals surface area contributed by atoms with Gasteiger partial charge in [-0.1, -0.05) is 87.5 Å². The Bertz CT molecular complexity index is 1250. The third-order valence-corrected chi connectivity index (χ3v) is 6.64. The number of halogens is 4. The van der Waals surface area contributed by atoms with E-state index in [1.54, 1.807) is 37.3 Å². The minimum Gasteiger partial charge on any atom is -0.280 e. The lowest BCUT2D eigenvalue weighted by Crippen LogP contribution is -2.45. The fourth-order valence-corrected chi connectivity index (χ4v) is 4.28. The second kappa shape index (κ2) is 16.8. The average molecular weight is 581 g/mol. The molecular weight excluding hydrogens is 540 g/mol. The molecule has 0 fully saturated rings. The van der Waals surface area contributed by atoms with Gasteiger partial charge in [0, 0.05) is 23.9 Å². The van der Waals surface area contributed by atoms with Crippen molar-refractivity contribution in [3.8, 4) is 0 Å². The van der Waals surface area contributed by atoms with Gasteiger partial charge >= 0.3 is 6.18 Å². The van der Waals surface area contributed by atoms with Crippen molar-refractivity contribution in [1.29, 1.82) is 0 Å². The summed E-state index contributed by atoms with van der Waals surface area (Å²) in [4.78, 5) is 0.140. The average Bonchev–Trinajstić information content (AvgIpc) is 2.91. The van der Waals surface area contributed by atoms with Crippen molar-refractivity contribution < 1.29 is 26.0 Å². The zero-order valence-corrected chi connectivity index (χ0v) is 24.8. The van der Waals surface area contributed by atoms with Gasteiger partial charge in [0.1, 0.15) is 6.17 Å². The third-order valence-electron chi connectivity index (χ3n) is 5.51. The smallest absolute Gasteiger partial charge is 0.280 e. The molecule has 40 heavy (non-hydrogen) atoms. The van der Waals surface area contributed by atoms with Gasteiger partial charge in [0.05, 0.1) is 10.6 Å². The summed E-state index contributed by atoms with van der Waals surface area (Å²) in [5.74, 6) is 0. The molecule has 0 bridgehead atoms. The molecule has 1 heterocycles. The lowest BCUT2D eigenvalue weighted by Gasteiger charge is -2.33. The molecule has 0 radical (unpaired) electrons. The van der Waals surface area contributed by atoms with Crippen molar-refractivity contribution in [3.63, 3.8) is 0 Å². The molecule has 2 unspecified atom stereocenters. The van der Waals surface area contributed by atoms with Crippen LogP contribution in [0.15, 0.2) is 101 Å². The molecule has 0 saturated carbocycles. The molecule has 1 aliphatic heterocycles. The first-order chi connectivity index (χ1) is 18.9. The summed E-state index contributed by atoms with van der Waals surface area (Å²) < 4.78 is 76.8. The van der Waals surface area contributed by atoms with Gasteiger partial charge in [0.15, 0.2) is 15.9 Å². The number of benzene rings is 2. The first-order valence-electron chi connectivity index (χ1n) is 13.3. The Labute approximate surface area is 236 Å². The van der Waals surface area contributed by atoms with Crippen LogP contribution in [0.1, 0.15) is 52.2 Å². The van der Waals surface area contributed by atoms with E-state index >= 15 is 0 Å². The highest BCUT2D eigenvalue weighted by Gasteiger charge is 2.44. The second-order valence-electron chi connectivity index (χ2n) is 8.77. The zero-order valence-electron chi connectivity index (χ0n) is 24.0. The highest BCUT2D eigenvalue weighted by atomic mass is 32.2. The fourth-order valence-electron chi connectivity index (χ4n) is 3.65. The maximum Gasteiger partial charge on any atom is 0.414 e. The second-order valence-corrected chi connectivity index (χ2v) is 10.8. The van der Waals surface area contributed by atoms with Gasteiger partial charge in [-0.3, -0.25) is 5.01 Å². The van der Waals surface area contributed by atoms with E-state index < -0.39 is 28.2 Å². The Morgan fingerprint density at radius 3 is 2.10 bits per heavy atom. The van der Waals surface area contributed by atoms with Crippen LogP contribution in [0.3, 0.4) is 0 Å². The van der Waals surface area contributed by atoms with Crippen LogP contribution in [0.25, 0.3) is 0 Å². The summed E-state index contributed by atoms with van der Waals surface area (Å²) in [6.07, 6.45) is 4.70. The van der Waals surface area contributed by atoms with E-state index in [2.05, 4.69) is 5.10 Å². The number of rotatable bonds is 8. The van der Waals surface area contributed by atoms with Gasteiger partial charge in [-0.15, -0.1) is 0 Å². The molecule has 0 aliphatic carbocycles. The molecule has 220 valence electrons. The molecule has 9 heteroatoms. The van der Waals surface area contributed by atoms with Crippen LogP contribution in [0.2, 0.25) is 0 Å². The fraction of sp³-hybridized carbons (Fsp3) is 0.387. The number of hydrogen-bond acceptors (Lipinski definition) is 4. The molecule has 2 aromatic rings. The molecule has 2 aromatic carbocycles. The van der Waals surface area contributed by atoms with Crippen molar-refractivity contribution in [3.05, 3.63) is 102 Å². The lowest BCUT2D eigenvalue weighted by molar-refractivity contribution is -0.170. The molecule has 0 saturated heterocycles. The number of hydrazone groups is 1. The van der Waals surface area contributed by atoms with Crippen LogP contribution in [-0.4, -0.2) is 50.3 Å². The minimum atomic E-state index is -4.49. The molecule has 2 atom stereocenters. The Balaban J connectivity index is 0.000000885. The summed E-state index contributed by atoms with van der Waals surface area (Å²) >= 11 is 0. The number of alkyl halides is 4. The highest BCUT2D eigenvalue weighted by molar-refractivity contribution is 7.90. The molecule has 4 nitrogen and oxygen atoms in total. The maximum atomic E-state index is 13.9. The first kappa shape index (κ1) is 34.8. The van der Waals surface area contributed by atoms with Gasteiger partial charge in [-0.05, 0) is 50.5 Å². The minimum absolute atomic E-state index is 0.0837. The van der Waals surface area contributed by atoms with E-state index in [0.717, 1.165) is 16.8 Å². The van der Waals surface area contributed by atoms with Crippen molar-refractivity contribution >= 4 is 15.5 Å². The quantitative estimate of drug-likeness (QED) is 0.234. The monoisotopic (exact) mass is 580 g/mol. The summed E-state index contributed by atoms with van der Waals surface area (Å²) in [5.41, 5.74) is 2.21. The van der Waals surface area contributed by atoms with Gasteiger partial charge < -0.3 is 0 Å². The van der Waals surface area contributed by atoms with E-state index in [1.807, 2.05) is 51.1 Å². The summed E-state index contributed by atoms with van der Waals surface area (Å²) in [6.45, 7) is 9.28. The van der Waals surface area contributed by atoms with Crippen LogP contribution in [-0.2, 0) is 16.3 Å². The molecule has 0 aromatic heterocycles. The van der Waals surface area contributed by atoms with Gasteiger partial charge in [0.25, 0.3) is 0 Å². The number of allylic oxidation sites excluding steroid dienone is 5. The number of hydrogen-bond donors (Lipinski definition) is 0. The van der Waals surface area contributed by atoms with Gasteiger partial charge in [-0.2, -0.15) is 18.3 Å². The largest absolute Gasteiger partial charge is 0.414 e. The van der Waals surface area contributed by atoms with Crippen LogP contribution < -0.4 is 0 Å². The van der Waals surface area contributed by atoms with Crippen LogP contribution in [0.4, 0.5) is 17.6 Å². The van der Waals surface area contributed by atoms with E-state index in [-0.39, 0.29) is 11.4 Å². The summed E-state index contributed by atoms with van der Waals surface area (Å²) in [6, 6.07) is 13.5. The molecule has 0 N–H and O–H groups in total. The molecule has 3 rings (SSSR count). The Morgan fingerprint density at radius 2 is 1.65 bits per heavy atom. The molecule has 1 aliphatic rings. The summed E-state index contributed by atoms with van der Waals surface area (Å²) in [5, 5.41) is 5.47. The van der Waals surface area contributed by atoms with E-state index in [0.29, 0.717) is 29.7 Å². The maximum absolute atomic E-state index is 13.9. The van der Waals surface area contributed by atoms with Crippen molar-refractivity contribution in [2.75, 3.05) is 12.8 Å². The van der Waals surface area contributed by atoms with Crippen LogP contribution in [0.5, 0.6) is 0 Å². The van der Waals surface area contributed by atoms with Crippen molar-refractivity contribution in [2.24, 2.45) is 5.10 Å². The Morgan fingerprint density at radius 1 is 1.05 bits per heavy atom. The number of sulfone groups is 1. The predicted molar refractivity (Wildman–Crippen MR) is 157 cm³/mol. The zero-order chi connectivity index (χ0) is 30.3. The van der Waals surface area contributed by atoms with Crippen molar-refractivity contribution in [1.82, 2.24) is 5.01 Å². The predicted octanol–water partition coefficient (Wildman–Crippen LogP) is 8.12. The Hall–Kier alpha value is -3.20. The van der Waals surface area contributed by atoms with Gasteiger partial charge in [-0.25, -0.2) is 12.8 Å². The summed E-state index contributed by atoms with van der Waals surface area (Å²) in [7, 11) is -3.38. The van der Waals surface area contributed by atoms with E-state index in [4.69, 9.17) is 0 Å². The first-order valence-corrected chi connectivity index (χ1v) is 15.2. The molecular formula is C31H40F4N2O2S. The van der Waals surface area contributed by atoms with Gasteiger partial charge in [0.2, 0.25) is 0 Å². The van der Waals surface area contributed by atoms with Crippen LogP contribution in [0, 0.1) is 0 Å². The standard InChI is InChI=1S/C24H25F3N2O2S.C5H9F.C2H6/c1-3-4-10-20-17-22(24(25,26)27)29(16-15-18-8-6-5-7-9-18)28-23(20)19-11-13-21(14-12-19)32(2,30)31;1-3-4-5(2)6;1-2/h4-14,17,22H,3,15-16H2,1-2H3;3-5H,1-2H3;1-2H3/b10-4+;4-3-;. The molecule has 0 spiro atoms. The van der Waals surface area contributed by atoms with E-state index in [9.17, 15) is 26.0 Å². The van der Waals surface area contributed by atoms with E-state index in [1.165, 1.54) is 31.2 Å². The third kappa shape index (κ3) is 11.5. The topological polar surface area (TPSA) is 49.7 Å². The van der Waals surface area contributed by atoms with Crippen LogP contribution >= 0.6 is 0 Å². The number of nitrogens with zero attached hydrogens (tertiary/aromatic N) is 2.